The predicted octanol–water partition coefficient (Wildman–Crippen LogP) is 4.78. The number of aromatic nitrogens is 1. The van der Waals surface area contributed by atoms with E-state index in [1.165, 1.54) is 20.4 Å². The Morgan fingerprint density at radius 1 is 0.919 bits per heavy atom. The van der Waals surface area contributed by atoms with E-state index in [4.69, 9.17) is 9.47 Å². The zero-order chi connectivity index (χ0) is 26.2. The maximum atomic E-state index is 12.6. The van der Waals surface area contributed by atoms with E-state index in [-0.39, 0.29) is 12.5 Å². The van der Waals surface area contributed by atoms with Crippen molar-refractivity contribution < 1.29 is 23.8 Å². The van der Waals surface area contributed by atoms with Gasteiger partial charge in [0, 0.05) is 16.9 Å². The van der Waals surface area contributed by atoms with Crippen LogP contribution < -0.4 is 14.9 Å². The normalized spacial score (nSPS) is 10.8. The molecule has 0 aliphatic heterocycles. The van der Waals surface area contributed by atoms with Gasteiger partial charge in [-0.3, -0.25) is 4.79 Å². The third-order valence-corrected chi connectivity index (χ3v) is 5.67. The van der Waals surface area contributed by atoms with Crippen LogP contribution in [0, 0.1) is 6.92 Å². The first-order valence-corrected chi connectivity index (χ1v) is 11.6. The molecule has 0 fully saturated rings. The predicted molar refractivity (Wildman–Crippen MR) is 142 cm³/mol. The largest absolute Gasteiger partial charge is 0.493 e. The van der Waals surface area contributed by atoms with Crippen molar-refractivity contribution in [2.24, 2.45) is 5.10 Å². The number of esters is 1. The number of hydrazone groups is 1. The lowest BCUT2D eigenvalue weighted by Crippen LogP contribution is -2.17. The standard InChI is InChI=1S/C29H27N3O5/c1-20-9-15-25(22-7-5-4-6-8-22)32(20)24-13-11-23(12-14-24)29(34)31-30-18-21-10-16-26(27(17-21)35-2)37-19-28(33)36-3/h4-18H,19H2,1-3H3,(H,31,34)/b30-18+. The zero-order valence-corrected chi connectivity index (χ0v) is 20.8. The van der Waals surface area contributed by atoms with Gasteiger partial charge in [0.05, 0.1) is 26.1 Å². The second-order valence-corrected chi connectivity index (χ2v) is 8.08. The number of benzene rings is 3. The Balaban J connectivity index is 1.42. The molecule has 1 heterocycles. The fourth-order valence-electron chi connectivity index (χ4n) is 3.79. The molecule has 8 heteroatoms. The van der Waals surface area contributed by atoms with Gasteiger partial charge in [-0.05, 0) is 72.6 Å². The molecule has 4 aromatic rings. The van der Waals surface area contributed by atoms with E-state index in [0.717, 1.165) is 22.6 Å². The fourth-order valence-corrected chi connectivity index (χ4v) is 3.79. The fraction of sp³-hybridized carbons (Fsp3) is 0.138. The second kappa shape index (κ2) is 11.7. The van der Waals surface area contributed by atoms with Gasteiger partial charge < -0.3 is 18.8 Å². The quantitative estimate of drug-likeness (QED) is 0.204. The van der Waals surface area contributed by atoms with Crippen molar-refractivity contribution in [2.45, 2.75) is 6.92 Å². The lowest BCUT2D eigenvalue weighted by atomic mass is 10.1. The van der Waals surface area contributed by atoms with Crippen LogP contribution in [0.25, 0.3) is 16.9 Å². The molecule has 0 aliphatic rings. The number of aryl methyl sites for hydroxylation is 1. The SMILES string of the molecule is COC(=O)COc1ccc(/C=N/NC(=O)c2ccc(-n3c(C)ccc3-c3ccccc3)cc2)cc1OC. The Hall–Kier alpha value is -4.85. The maximum absolute atomic E-state index is 12.6. The molecule has 0 unspecified atom stereocenters. The van der Waals surface area contributed by atoms with E-state index in [0.29, 0.717) is 22.6 Å². The Labute approximate surface area is 215 Å². The van der Waals surface area contributed by atoms with Crippen molar-refractivity contribution in [3.8, 4) is 28.4 Å². The summed E-state index contributed by atoms with van der Waals surface area (Å²) in [5, 5.41) is 4.05. The van der Waals surface area contributed by atoms with Crippen molar-refractivity contribution >= 4 is 18.1 Å². The molecule has 0 atom stereocenters. The van der Waals surface area contributed by atoms with Gasteiger partial charge in [0.2, 0.25) is 0 Å². The number of carbonyl (C=O) groups is 2. The van der Waals surface area contributed by atoms with Crippen LogP contribution in [0.4, 0.5) is 0 Å². The van der Waals surface area contributed by atoms with E-state index in [2.05, 4.69) is 51.0 Å². The van der Waals surface area contributed by atoms with Gasteiger partial charge in [-0.15, -0.1) is 0 Å². The van der Waals surface area contributed by atoms with Crippen LogP contribution in [0.5, 0.6) is 11.5 Å². The van der Waals surface area contributed by atoms with Gasteiger partial charge in [0.15, 0.2) is 18.1 Å². The smallest absolute Gasteiger partial charge is 0.343 e. The van der Waals surface area contributed by atoms with E-state index in [1.807, 2.05) is 30.3 Å². The number of nitrogens with zero attached hydrogens (tertiary/aromatic N) is 2. The third-order valence-electron chi connectivity index (χ3n) is 5.67. The van der Waals surface area contributed by atoms with Gasteiger partial charge in [-0.1, -0.05) is 30.3 Å². The molecule has 1 N–H and O–H groups in total. The summed E-state index contributed by atoms with van der Waals surface area (Å²) < 4.78 is 17.4. The monoisotopic (exact) mass is 497 g/mol. The van der Waals surface area contributed by atoms with Crippen LogP contribution >= 0.6 is 0 Å². The molecule has 1 aromatic heterocycles. The molecule has 0 saturated heterocycles. The van der Waals surface area contributed by atoms with Crippen LogP contribution in [0.1, 0.15) is 21.6 Å². The molecule has 8 nitrogen and oxygen atoms in total. The number of methoxy groups -OCH3 is 2. The molecule has 1 amide bonds. The number of hydrogen-bond donors (Lipinski definition) is 1. The van der Waals surface area contributed by atoms with Crippen molar-refractivity contribution in [2.75, 3.05) is 20.8 Å². The highest BCUT2D eigenvalue weighted by atomic mass is 16.6. The van der Waals surface area contributed by atoms with Crippen molar-refractivity contribution in [1.29, 1.82) is 0 Å². The molecular weight excluding hydrogens is 470 g/mol. The number of nitrogens with one attached hydrogen (secondary N) is 1. The summed E-state index contributed by atoms with van der Waals surface area (Å²) in [4.78, 5) is 23.9. The topological polar surface area (TPSA) is 91.2 Å². The number of amides is 1. The first-order chi connectivity index (χ1) is 18.0. The molecule has 0 radical (unpaired) electrons. The van der Waals surface area contributed by atoms with Crippen LogP contribution in [0.3, 0.4) is 0 Å². The molecule has 0 aliphatic carbocycles. The van der Waals surface area contributed by atoms with Gasteiger partial charge in [0.25, 0.3) is 5.91 Å². The first kappa shape index (κ1) is 25.2. The molecule has 3 aromatic carbocycles. The van der Waals surface area contributed by atoms with E-state index in [9.17, 15) is 9.59 Å². The van der Waals surface area contributed by atoms with Gasteiger partial charge in [-0.2, -0.15) is 5.10 Å². The van der Waals surface area contributed by atoms with E-state index >= 15 is 0 Å². The van der Waals surface area contributed by atoms with Crippen molar-refractivity contribution in [1.82, 2.24) is 9.99 Å². The number of rotatable bonds is 9. The zero-order valence-electron chi connectivity index (χ0n) is 20.8. The average Bonchev–Trinajstić information content (AvgIpc) is 3.33. The Kier molecular flexibility index (Phi) is 8.00. The highest BCUT2D eigenvalue weighted by Crippen LogP contribution is 2.28. The van der Waals surface area contributed by atoms with Crippen molar-refractivity contribution in [3.05, 3.63) is 102 Å². The summed E-state index contributed by atoms with van der Waals surface area (Å²) in [5.41, 5.74) is 7.95. The number of carbonyl (C=O) groups excluding carboxylic acids is 2. The summed E-state index contributed by atoms with van der Waals surface area (Å²) in [6.07, 6.45) is 1.49. The molecule has 0 saturated carbocycles. The summed E-state index contributed by atoms with van der Waals surface area (Å²) >= 11 is 0. The highest BCUT2D eigenvalue weighted by molar-refractivity contribution is 5.95. The van der Waals surface area contributed by atoms with Crippen LogP contribution in [0.15, 0.2) is 90.0 Å². The van der Waals surface area contributed by atoms with E-state index < -0.39 is 5.97 Å². The molecule has 37 heavy (non-hydrogen) atoms. The summed E-state index contributed by atoms with van der Waals surface area (Å²) in [6.45, 7) is 1.82. The molecular formula is C29H27N3O5. The third kappa shape index (κ3) is 6.05. The van der Waals surface area contributed by atoms with E-state index in [1.54, 1.807) is 30.3 Å². The van der Waals surface area contributed by atoms with Gasteiger partial charge >= 0.3 is 5.97 Å². The minimum absolute atomic E-state index is 0.230. The Morgan fingerprint density at radius 3 is 2.38 bits per heavy atom. The Morgan fingerprint density at radius 2 is 1.68 bits per heavy atom. The molecule has 4 rings (SSSR count). The minimum Gasteiger partial charge on any atom is -0.493 e. The Bertz CT molecular complexity index is 1410. The lowest BCUT2D eigenvalue weighted by Gasteiger charge is -2.12. The van der Waals surface area contributed by atoms with Crippen LogP contribution in [-0.2, 0) is 9.53 Å². The molecule has 188 valence electrons. The molecule has 0 spiro atoms. The first-order valence-electron chi connectivity index (χ1n) is 11.6. The number of hydrogen-bond acceptors (Lipinski definition) is 6. The second-order valence-electron chi connectivity index (χ2n) is 8.08. The van der Waals surface area contributed by atoms with Crippen LogP contribution in [-0.4, -0.2) is 43.5 Å². The summed E-state index contributed by atoms with van der Waals surface area (Å²) in [5.74, 6) is -0.0173. The summed E-state index contributed by atoms with van der Waals surface area (Å²) in [6, 6.07) is 26.7. The van der Waals surface area contributed by atoms with Gasteiger partial charge in [-0.25, -0.2) is 10.2 Å². The van der Waals surface area contributed by atoms with Crippen molar-refractivity contribution in [3.63, 3.8) is 0 Å². The summed E-state index contributed by atoms with van der Waals surface area (Å²) in [7, 11) is 2.78. The number of ether oxygens (including phenoxy) is 3. The maximum Gasteiger partial charge on any atom is 0.343 e. The minimum atomic E-state index is -0.497. The van der Waals surface area contributed by atoms with Gasteiger partial charge in [0.1, 0.15) is 0 Å². The van der Waals surface area contributed by atoms with Crippen LogP contribution in [0.2, 0.25) is 0 Å². The highest BCUT2D eigenvalue weighted by Gasteiger charge is 2.11. The molecule has 0 bridgehead atoms. The average molecular weight is 498 g/mol. The lowest BCUT2D eigenvalue weighted by molar-refractivity contribution is -0.142.